The minimum atomic E-state index is -3.62. The van der Waals surface area contributed by atoms with E-state index in [-0.39, 0.29) is 16.7 Å². The standard InChI is InChI=1S/C26H29N5O5S/c1-16(2)36-25(32)22-17(3)27-26(33)28-24(22)21-15-31(19-9-7-6-8-10-19)29-23(21)18-11-13-20(14-12-18)37(34,35)30(4)5/h6-16,22,24H,3H2,1-2,4-5H3,(H2,27,28,33). The summed E-state index contributed by atoms with van der Waals surface area (Å²) in [5.41, 5.74) is 2.61. The molecule has 1 aromatic heterocycles. The third kappa shape index (κ3) is 5.27. The minimum absolute atomic E-state index is 0.132. The second kappa shape index (κ2) is 10.2. The fourth-order valence-electron chi connectivity index (χ4n) is 4.07. The van der Waals surface area contributed by atoms with Crippen molar-refractivity contribution in [3.8, 4) is 16.9 Å². The van der Waals surface area contributed by atoms with Crippen molar-refractivity contribution in [2.24, 2.45) is 5.92 Å². The number of esters is 1. The first-order chi connectivity index (χ1) is 17.5. The molecule has 0 aliphatic carbocycles. The third-order valence-electron chi connectivity index (χ3n) is 5.88. The maximum Gasteiger partial charge on any atom is 0.319 e. The molecule has 11 heteroatoms. The van der Waals surface area contributed by atoms with Crippen molar-refractivity contribution >= 4 is 22.0 Å². The van der Waals surface area contributed by atoms with Crippen LogP contribution in [0.25, 0.3) is 16.9 Å². The fourth-order valence-corrected chi connectivity index (χ4v) is 4.98. The Morgan fingerprint density at radius 2 is 1.76 bits per heavy atom. The van der Waals surface area contributed by atoms with E-state index in [1.807, 2.05) is 30.3 Å². The number of aromatic nitrogens is 2. The molecule has 0 radical (unpaired) electrons. The molecular formula is C26H29N5O5S. The van der Waals surface area contributed by atoms with Crippen molar-refractivity contribution in [3.63, 3.8) is 0 Å². The number of benzene rings is 2. The molecule has 3 aromatic rings. The molecule has 4 rings (SSSR count). The van der Waals surface area contributed by atoms with Crippen LogP contribution in [0.15, 0.2) is 78.0 Å². The number of nitrogens with one attached hydrogen (secondary N) is 2. The van der Waals surface area contributed by atoms with Crippen LogP contribution in [0, 0.1) is 5.92 Å². The van der Waals surface area contributed by atoms with Crippen LogP contribution in [0.1, 0.15) is 25.5 Å². The molecular weight excluding hydrogens is 494 g/mol. The number of rotatable bonds is 7. The van der Waals surface area contributed by atoms with Gasteiger partial charge in [0.15, 0.2) is 0 Å². The molecule has 2 heterocycles. The van der Waals surface area contributed by atoms with Gasteiger partial charge in [-0.25, -0.2) is 22.2 Å². The summed E-state index contributed by atoms with van der Waals surface area (Å²) in [4.78, 5) is 25.7. The molecule has 1 saturated heterocycles. The van der Waals surface area contributed by atoms with Crippen LogP contribution in [-0.2, 0) is 19.6 Å². The topological polar surface area (TPSA) is 123 Å². The van der Waals surface area contributed by atoms with Gasteiger partial charge in [0.25, 0.3) is 0 Å². The van der Waals surface area contributed by atoms with Crippen LogP contribution in [0.3, 0.4) is 0 Å². The van der Waals surface area contributed by atoms with E-state index in [0.717, 1.165) is 9.99 Å². The van der Waals surface area contributed by atoms with Crippen LogP contribution in [0.5, 0.6) is 0 Å². The van der Waals surface area contributed by atoms with Gasteiger partial charge in [0.05, 0.1) is 28.4 Å². The molecule has 1 fully saturated rings. The largest absolute Gasteiger partial charge is 0.462 e. The highest BCUT2D eigenvalue weighted by Crippen LogP contribution is 2.37. The average Bonchev–Trinajstić information content (AvgIpc) is 3.29. The van der Waals surface area contributed by atoms with E-state index < -0.39 is 34.0 Å². The van der Waals surface area contributed by atoms with E-state index >= 15 is 0 Å². The lowest BCUT2D eigenvalue weighted by Crippen LogP contribution is -2.51. The van der Waals surface area contributed by atoms with Crippen LogP contribution < -0.4 is 10.6 Å². The summed E-state index contributed by atoms with van der Waals surface area (Å²) in [6, 6.07) is 14.3. The van der Waals surface area contributed by atoms with Gasteiger partial charge in [-0.15, -0.1) is 0 Å². The predicted octanol–water partition coefficient (Wildman–Crippen LogP) is 3.23. The number of hydrogen-bond acceptors (Lipinski definition) is 6. The smallest absolute Gasteiger partial charge is 0.319 e. The Labute approximate surface area is 216 Å². The number of urea groups is 1. The molecule has 2 N–H and O–H groups in total. The van der Waals surface area contributed by atoms with Crippen LogP contribution in [0.2, 0.25) is 0 Å². The van der Waals surface area contributed by atoms with Crippen molar-refractivity contribution in [2.45, 2.75) is 30.9 Å². The number of para-hydroxylation sites is 1. The Hall–Kier alpha value is -3.96. The van der Waals surface area contributed by atoms with Crippen molar-refractivity contribution < 1.29 is 22.7 Å². The lowest BCUT2D eigenvalue weighted by molar-refractivity contribution is -0.152. The van der Waals surface area contributed by atoms with Crippen LogP contribution in [0.4, 0.5) is 4.79 Å². The second-order valence-electron chi connectivity index (χ2n) is 9.09. The Kier molecular flexibility index (Phi) is 7.19. The van der Waals surface area contributed by atoms with E-state index in [1.54, 1.807) is 36.9 Å². The van der Waals surface area contributed by atoms with E-state index in [1.165, 1.54) is 26.2 Å². The summed E-state index contributed by atoms with van der Waals surface area (Å²) < 4.78 is 33.4. The SMILES string of the molecule is C=C1NC(=O)NC(c2cn(-c3ccccc3)nc2-c2ccc(S(=O)(=O)N(C)C)cc2)C1C(=O)OC(C)C. The molecule has 2 atom stereocenters. The summed E-state index contributed by atoms with van der Waals surface area (Å²) in [5.74, 6) is -1.45. The molecule has 1 aliphatic rings. The van der Waals surface area contributed by atoms with Crippen LogP contribution >= 0.6 is 0 Å². The number of hydrogen-bond donors (Lipinski definition) is 2. The predicted molar refractivity (Wildman–Crippen MR) is 138 cm³/mol. The average molecular weight is 524 g/mol. The Morgan fingerprint density at radius 3 is 2.35 bits per heavy atom. The second-order valence-corrected chi connectivity index (χ2v) is 11.2. The highest BCUT2D eigenvalue weighted by Gasteiger charge is 2.41. The Balaban J connectivity index is 1.86. The van der Waals surface area contributed by atoms with Crippen molar-refractivity contribution in [2.75, 3.05) is 14.1 Å². The molecule has 2 amide bonds. The number of ether oxygens (including phenoxy) is 1. The van der Waals surface area contributed by atoms with Gasteiger partial charge in [-0.3, -0.25) is 4.79 Å². The van der Waals surface area contributed by atoms with Gasteiger partial charge in [-0.1, -0.05) is 36.9 Å². The molecule has 37 heavy (non-hydrogen) atoms. The van der Waals surface area contributed by atoms with Gasteiger partial charge in [-0.2, -0.15) is 5.10 Å². The lowest BCUT2D eigenvalue weighted by atomic mass is 9.88. The molecule has 0 spiro atoms. The van der Waals surface area contributed by atoms with Gasteiger partial charge < -0.3 is 15.4 Å². The van der Waals surface area contributed by atoms with Gasteiger partial charge in [0, 0.05) is 37.1 Å². The van der Waals surface area contributed by atoms with Gasteiger partial charge in [-0.05, 0) is 38.1 Å². The van der Waals surface area contributed by atoms with E-state index in [0.29, 0.717) is 16.8 Å². The molecule has 0 saturated carbocycles. The quantitative estimate of drug-likeness (QED) is 0.459. The maximum absolute atomic E-state index is 13.1. The summed E-state index contributed by atoms with van der Waals surface area (Å²) in [7, 11) is -0.692. The van der Waals surface area contributed by atoms with E-state index in [4.69, 9.17) is 9.84 Å². The van der Waals surface area contributed by atoms with Crippen LogP contribution in [-0.4, -0.2) is 54.7 Å². The molecule has 10 nitrogen and oxygen atoms in total. The van der Waals surface area contributed by atoms with Gasteiger partial charge in [0.1, 0.15) is 5.92 Å². The third-order valence-corrected chi connectivity index (χ3v) is 7.71. The van der Waals surface area contributed by atoms with Gasteiger partial charge >= 0.3 is 12.0 Å². The normalized spacial score (nSPS) is 18.0. The zero-order chi connectivity index (χ0) is 26.9. The fraction of sp³-hybridized carbons (Fsp3) is 0.269. The zero-order valence-corrected chi connectivity index (χ0v) is 21.8. The van der Waals surface area contributed by atoms with E-state index in [9.17, 15) is 18.0 Å². The summed E-state index contributed by atoms with van der Waals surface area (Å²) in [6.07, 6.45) is 1.38. The first-order valence-corrected chi connectivity index (χ1v) is 13.1. The van der Waals surface area contributed by atoms with Crippen molar-refractivity contribution in [1.82, 2.24) is 24.7 Å². The number of amides is 2. The molecule has 194 valence electrons. The lowest BCUT2D eigenvalue weighted by Gasteiger charge is -2.33. The molecule has 2 unspecified atom stereocenters. The van der Waals surface area contributed by atoms with Crippen molar-refractivity contribution in [1.29, 1.82) is 0 Å². The molecule has 2 aromatic carbocycles. The highest BCUT2D eigenvalue weighted by molar-refractivity contribution is 7.89. The number of carbonyl (C=O) groups is 2. The Morgan fingerprint density at radius 1 is 1.11 bits per heavy atom. The summed E-state index contributed by atoms with van der Waals surface area (Å²) >= 11 is 0. The zero-order valence-electron chi connectivity index (χ0n) is 21.0. The summed E-state index contributed by atoms with van der Waals surface area (Å²) in [6.45, 7) is 7.39. The molecule has 1 aliphatic heterocycles. The summed E-state index contributed by atoms with van der Waals surface area (Å²) in [5, 5.41) is 10.2. The Bertz CT molecular complexity index is 1430. The number of carbonyl (C=O) groups excluding carboxylic acids is 2. The number of sulfonamides is 1. The molecule has 0 bridgehead atoms. The first kappa shape index (κ1) is 26.1. The monoisotopic (exact) mass is 523 g/mol. The highest BCUT2D eigenvalue weighted by atomic mass is 32.2. The van der Waals surface area contributed by atoms with Gasteiger partial charge in [0.2, 0.25) is 10.0 Å². The minimum Gasteiger partial charge on any atom is -0.462 e. The maximum atomic E-state index is 13.1. The van der Waals surface area contributed by atoms with Crippen molar-refractivity contribution in [3.05, 3.63) is 78.6 Å². The number of nitrogens with zero attached hydrogens (tertiary/aromatic N) is 3. The van der Waals surface area contributed by atoms with E-state index in [2.05, 4.69) is 17.2 Å². The first-order valence-electron chi connectivity index (χ1n) is 11.6.